The van der Waals surface area contributed by atoms with Gasteiger partial charge in [0.2, 0.25) is 0 Å². The Kier molecular flexibility index (Phi) is 3.45. The molecule has 3 rings (SSSR count). The molecule has 2 aromatic carbocycles. The Hall–Kier alpha value is -1.51. The SMILES string of the molecule is Cc1ccc(C(N)c2ccc3c(c2)CC(C)O3)c(Cl)c1. The molecular formula is C17H18ClNO. The zero-order valence-corrected chi connectivity index (χ0v) is 12.4. The second kappa shape index (κ2) is 5.12. The minimum atomic E-state index is -0.204. The lowest BCUT2D eigenvalue weighted by Crippen LogP contribution is -2.12. The lowest BCUT2D eigenvalue weighted by molar-refractivity contribution is 0.254. The van der Waals surface area contributed by atoms with Gasteiger partial charge in [0, 0.05) is 11.4 Å². The molecule has 2 atom stereocenters. The Morgan fingerprint density at radius 1 is 1.25 bits per heavy atom. The summed E-state index contributed by atoms with van der Waals surface area (Å²) in [6.07, 6.45) is 1.19. The summed E-state index contributed by atoms with van der Waals surface area (Å²) in [5, 5.41) is 0.725. The van der Waals surface area contributed by atoms with Crippen molar-refractivity contribution in [3.63, 3.8) is 0 Å². The summed E-state index contributed by atoms with van der Waals surface area (Å²) in [7, 11) is 0. The maximum Gasteiger partial charge on any atom is 0.123 e. The number of rotatable bonds is 2. The maximum absolute atomic E-state index is 6.37. The molecule has 0 radical (unpaired) electrons. The first-order valence-electron chi connectivity index (χ1n) is 6.85. The summed E-state index contributed by atoms with van der Waals surface area (Å²) in [5.41, 5.74) is 10.8. The number of hydrogen-bond acceptors (Lipinski definition) is 2. The zero-order valence-electron chi connectivity index (χ0n) is 11.7. The van der Waals surface area contributed by atoms with Crippen LogP contribution in [0.25, 0.3) is 0 Å². The van der Waals surface area contributed by atoms with Crippen LogP contribution in [-0.4, -0.2) is 6.10 Å². The molecule has 2 nitrogen and oxygen atoms in total. The summed E-state index contributed by atoms with van der Waals surface area (Å²) in [6, 6.07) is 12.0. The molecule has 0 aliphatic carbocycles. The highest BCUT2D eigenvalue weighted by molar-refractivity contribution is 6.31. The van der Waals surface area contributed by atoms with Gasteiger partial charge in [0.25, 0.3) is 0 Å². The highest BCUT2D eigenvalue weighted by Crippen LogP contribution is 2.33. The molecule has 20 heavy (non-hydrogen) atoms. The molecule has 104 valence electrons. The first-order chi connectivity index (χ1) is 9.54. The predicted octanol–water partition coefficient (Wildman–Crippen LogP) is 4.02. The zero-order chi connectivity index (χ0) is 14.3. The molecule has 1 aliphatic rings. The third kappa shape index (κ3) is 2.41. The van der Waals surface area contributed by atoms with Crippen LogP contribution in [0.5, 0.6) is 5.75 Å². The molecule has 2 N–H and O–H groups in total. The molecule has 0 bridgehead atoms. The molecule has 1 heterocycles. The van der Waals surface area contributed by atoms with Gasteiger partial charge in [-0.2, -0.15) is 0 Å². The van der Waals surface area contributed by atoms with Crippen molar-refractivity contribution in [3.05, 3.63) is 63.7 Å². The smallest absolute Gasteiger partial charge is 0.123 e. The Bertz CT molecular complexity index is 653. The van der Waals surface area contributed by atoms with E-state index in [1.54, 1.807) is 0 Å². The van der Waals surface area contributed by atoms with Gasteiger partial charge in [0.05, 0.1) is 6.04 Å². The Labute approximate surface area is 124 Å². The van der Waals surface area contributed by atoms with Gasteiger partial charge >= 0.3 is 0 Å². The number of benzene rings is 2. The topological polar surface area (TPSA) is 35.2 Å². The van der Waals surface area contributed by atoms with E-state index in [2.05, 4.69) is 13.0 Å². The molecule has 3 heteroatoms. The number of fused-ring (bicyclic) bond motifs is 1. The number of hydrogen-bond donors (Lipinski definition) is 1. The maximum atomic E-state index is 6.37. The third-order valence-electron chi connectivity index (χ3n) is 3.77. The van der Waals surface area contributed by atoms with Crippen LogP contribution in [0, 0.1) is 6.92 Å². The molecule has 0 saturated heterocycles. The van der Waals surface area contributed by atoms with E-state index in [0.29, 0.717) is 0 Å². The van der Waals surface area contributed by atoms with Crippen molar-refractivity contribution >= 4 is 11.6 Å². The van der Waals surface area contributed by atoms with Crippen LogP contribution in [-0.2, 0) is 6.42 Å². The standard InChI is InChI=1S/C17H18ClNO/c1-10-3-5-14(15(18)7-10)17(19)12-4-6-16-13(9-12)8-11(2)20-16/h3-7,9,11,17H,8,19H2,1-2H3. The van der Waals surface area contributed by atoms with Crippen molar-refractivity contribution in [1.29, 1.82) is 0 Å². The Morgan fingerprint density at radius 2 is 2.05 bits per heavy atom. The molecule has 0 amide bonds. The molecule has 0 aromatic heterocycles. The van der Waals surface area contributed by atoms with Gasteiger partial charge in [-0.25, -0.2) is 0 Å². The second-order valence-electron chi connectivity index (χ2n) is 5.50. The minimum absolute atomic E-state index is 0.204. The van der Waals surface area contributed by atoms with E-state index in [0.717, 1.165) is 33.9 Å². The van der Waals surface area contributed by atoms with Crippen molar-refractivity contribution in [3.8, 4) is 5.75 Å². The molecule has 2 aromatic rings. The number of halogens is 1. The fraction of sp³-hybridized carbons (Fsp3) is 0.294. The number of aryl methyl sites for hydroxylation is 1. The third-order valence-corrected chi connectivity index (χ3v) is 4.10. The minimum Gasteiger partial charge on any atom is -0.490 e. The summed E-state index contributed by atoms with van der Waals surface area (Å²) in [6.45, 7) is 4.10. The largest absolute Gasteiger partial charge is 0.490 e. The van der Waals surface area contributed by atoms with Crippen LogP contribution in [0.4, 0.5) is 0 Å². The summed E-state index contributed by atoms with van der Waals surface area (Å²) < 4.78 is 5.72. The summed E-state index contributed by atoms with van der Waals surface area (Å²) >= 11 is 6.31. The lowest BCUT2D eigenvalue weighted by Gasteiger charge is -2.15. The quantitative estimate of drug-likeness (QED) is 0.905. The molecule has 2 unspecified atom stereocenters. The van der Waals surface area contributed by atoms with Crippen molar-refractivity contribution < 1.29 is 4.74 Å². The van der Waals surface area contributed by atoms with Gasteiger partial charge in [-0.1, -0.05) is 35.9 Å². The fourth-order valence-corrected chi connectivity index (χ4v) is 3.05. The molecule has 0 spiro atoms. The predicted molar refractivity (Wildman–Crippen MR) is 82.5 cm³/mol. The highest BCUT2D eigenvalue weighted by Gasteiger charge is 2.21. The first-order valence-corrected chi connectivity index (χ1v) is 7.23. The van der Waals surface area contributed by atoms with Crippen molar-refractivity contribution in [1.82, 2.24) is 0 Å². The van der Waals surface area contributed by atoms with E-state index in [1.165, 1.54) is 5.56 Å². The van der Waals surface area contributed by atoms with Gasteiger partial charge in [-0.05, 0) is 48.2 Å². The van der Waals surface area contributed by atoms with Crippen LogP contribution in [0.1, 0.15) is 35.2 Å². The molecule has 0 fully saturated rings. The van der Waals surface area contributed by atoms with E-state index >= 15 is 0 Å². The van der Waals surface area contributed by atoms with Crippen LogP contribution in [0.15, 0.2) is 36.4 Å². The van der Waals surface area contributed by atoms with Gasteiger partial charge in [-0.15, -0.1) is 0 Å². The molecular weight excluding hydrogens is 270 g/mol. The van der Waals surface area contributed by atoms with E-state index in [1.807, 2.05) is 37.3 Å². The van der Waals surface area contributed by atoms with Crippen LogP contribution in [0.3, 0.4) is 0 Å². The van der Waals surface area contributed by atoms with Gasteiger partial charge in [0.1, 0.15) is 11.9 Å². The van der Waals surface area contributed by atoms with Crippen molar-refractivity contribution in [2.75, 3.05) is 0 Å². The van der Waals surface area contributed by atoms with E-state index in [9.17, 15) is 0 Å². The van der Waals surface area contributed by atoms with Crippen LogP contribution < -0.4 is 10.5 Å². The fourth-order valence-electron chi connectivity index (χ4n) is 2.70. The van der Waals surface area contributed by atoms with Crippen LogP contribution >= 0.6 is 11.6 Å². The number of ether oxygens (including phenoxy) is 1. The van der Waals surface area contributed by atoms with Crippen molar-refractivity contribution in [2.24, 2.45) is 5.73 Å². The Balaban J connectivity index is 1.95. The normalized spacial score (nSPS) is 18.5. The summed E-state index contributed by atoms with van der Waals surface area (Å²) in [5.74, 6) is 0.975. The van der Waals surface area contributed by atoms with Gasteiger partial charge in [-0.3, -0.25) is 0 Å². The van der Waals surface area contributed by atoms with E-state index in [-0.39, 0.29) is 12.1 Å². The number of nitrogens with two attached hydrogens (primary N) is 1. The average molecular weight is 288 g/mol. The van der Waals surface area contributed by atoms with Crippen LogP contribution in [0.2, 0.25) is 5.02 Å². The summed E-state index contributed by atoms with van der Waals surface area (Å²) in [4.78, 5) is 0. The van der Waals surface area contributed by atoms with Gasteiger partial charge in [0.15, 0.2) is 0 Å². The van der Waals surface area contributed by atoms with E-state index in [4.69, 9.17) is 22.1 Å². The first kappa shape index (κ1) is 13.5. The average Bonchev–Trinajstić information content (AvgIpc) is 2.77. The molecule has 0 saturated carbocycles. The lowest BCUT2D eigenvalue weighted by atomic mass is 9.96. The monoisotopic (exact) mass is 287 g/mol. The van der Waals surface area contributed by atoms with E-state index < -0.39 is 0 Å². The highest BCUT2D eigenvalue weighted by atomic mass is 35.5. The molecule has 1 aliphatic heterocycles. The van der Waals surface area contributed by atoms with Crippen molar-refractivity contribution in [2.45, 2.75) is 32.4 Å². The van der Waals surface area contributed by atoms with Gasteiger partial charge < -0.3 is 10.5 Å². The second-order valence-corrected chi connectivity index (χ2v) is 5.91. The Morgan fingerprint density at radius 3 is 2.80 bits per heavy atom.